The van der Waals surface area contributed by atoms with Gasteiger partial charge in [-0.15, -0.1) is 11.3 Å². The largest absolute Gasteiger partial charge is 0.466 e. The standard InChI is InChI=1S/C20H23F3N2O3S/c1-12(8-18(27)28-3)15-6-4-14(5-7-15)9-13(2)24-10-17(26)16-11-29-19(25-16)20(21,22)23/h4-8,11,13,17,24,26H,9-10H2,1-3H3/b12-8+. The second-order valence-electron chi connectivity index (χ2n) is 6.65. The van der Waals surface area contributed by atoms with Crippen molar-refractivity contribution >= 4 is 22.9 Å². The van der Waals surface area contributed by atoms with Crippen LogP contribution in [0.25, 0.3) is 5.57 Å². The zero-order valence-electron chi connectivity index (χ0n) is 16.3. The maximum Gasteiger partial charge on any atom is 0.443 e. The molecule has 0 aliphatic rings. The third-order valence-corrected chi connectivity index (χ3v) is 5.16. The van der Waals surface area contributed by atoms with Crippen LogP contribution in [0.2, 0.25) is 0 Å². The molecule has 0 fully saturated rings. The number of rotatable bonds is 8. The number of benzene rings is 1. The number of halogens is 3. The highest BCUT2D eigenvalue weighted by atomic mass is 32.1. The molecule has 1 heterocycles. The summed E-state index contributed by atoms with van der Waals surface area (Å²) in [5, 5.41) is 13.4. The number of thiazole rings is 1. The first-order valence-electron chi connectivity index (χ1n) is 8.89. The first-order chi connectivity index (χ1) is 13.6. The minimum atomic E-state index is -4.50. The number of allylic oxidation sites excluding steroid dienone is 1. The molecule has 0 amide bonds. The number of aliphatic hydroxyl groups excluding tert-OH is 1. The smallest absolute Gasteiger partial charge is 0.443 e. The van der Waals surface area contributed by atoms with Gasteiger partial charge in [0.15, 0.2) is 5.01 Å². The summed E-state index contributed by atoms with van der Waals surface area (Å²) in [7, 11) is 1.32. The van der Waals surface area contributed by atoms with E-state index in [2.05, 4.69) is 15.0 Å². The van der Waals surface area contributed by atoms with Gasteiger partial charge in [0.25, 0.3) is 0 Å². The number of carbonyl (C=O) groups is 1. The molecular formula is C20H23F3N2O3S. The number of esters is 1. The summed E-state index contributed by atoms with van der Waals surface area (Å²) in [5.74, 6) is -0.412. The number of alkyl halides is 3. The Balaban J connectivity index is 1.87. The Morgan fingerprint density at radius 1 is 1.34 bits per heavy atom. The summed E-state index contributed by atoms with van der Waals surface area (Å²) in [4.78, 5) is 14.8. The Bertz CT molecular complexity index is 847. The van der Waals surface area contributed by atoms with Gasteiger partial charge < -0.3 is 15.2 Å². The number of nitrogens with one attached hydrogen (secondary N) is 1. The molecule has 5 nitrogen and oxygen atoms in total. The summed E-state index contributed by atoms with van der Waals surface area (Å²) < 4.78 is 42.4. The fraction of sp³-hybridized carbons (Fsp3) is 0.400. The molecule has 0 aliphatic carbocycles. The van der Waals surface area contributed by atoms with Gasteiger partial charge >= 0.3 is 12.1 Å². The number of ether oxygens (including phenoxy) is 1. The third-order valence-electron chi connectivity index (χ3n) is 4.25. The summed E-state index contributed by atoms with van der Waals surface area (Å²) in [6.45, 7) is 3.84. The van der Waals surface area contributed by atoms with Crippen molar-refractivity contribution in [1.82, 2.24) is 10.3 Å². The lowest BCUT2D eigenvalue weighted by molar-refractivity contribution is -0.138. The molecule has 2 N–H and O–H groups in total. The van der Waals surface area contributed by atoms with E-state index in [1.54, 1.807) is 0 Å². The topological polar surface area (TPSA) is 71.5 Å². The van der Waals surface area contributed by atoms with Crippen molar-refractivity contribution in [2.45, 2.75) is 38.6 Å². The summed E-state index contributed by atoms with van der Waals surface area (Å²) >= 11 is 0.473. The van der Waals surface area contributed by atoms with Crippen molar-refractivity contribution in [3.8, 4) is 0 Å². The third kappa shape index (κ3) is 6.95. The molecule has 0 bridgehead atoms. The Morgan fingerprint density at radius 3 is 2.55 bits per heavy atom. The number of methoxy groups -OCH3 is 1. The lowest BCUT2D eigenvalue weighted by atomic mass is 10.0. The molecule has 0 saturated carbocycles. The minimum absolute atomic E-state index is 0.0112. The minimum Gasteiger partial charge on any atom is -0.466 e. The van der Waals surface area contributed by atoms with Crippen LogP contribution >= 0.6 is 11.3 Å². The molecule has 2 rings (SSSR count). The Hall–Kier alpha value is -2.23. The number of hydrogen-bond donors (Lipinski definition) is 2. The summed E-state index contributed by atoms with van der Waals surface area (Å²) in [6.07, 6.45) is -3.53. The molecule has 1 aromatic carbocycles. The van der Waals surface area contributed by atoms with Crippen LogP contribution in [0, 0.1) is 0 Å². The SMILES string of the molecule is COC(=O)/C=C(\C)c1ccc(CC(C)NCC(O)c2csc(C(F)(F)F)n2)cc1. The fourth-order valence-electron chi connectivity index (χ4n) is 2.64. The molecule has 9 heteroatoms. The number of aliphatic hydroxyl groups is 1. The first kappa shape index (κ1) is 23.1. The van der Waals surface area contributed by atoms with E-state index in [1.807, 2.05) is 38.1 Å². The molecular weight excluding hydrogens is 405 g/mol. The fourth-order valence-corrected chi connectivity index (χ4v) is 3.37. The van der Waals surface area contributed by atoms with Gasteiger partial charge in [-0.25, -0.2) is 9.78 Å². The van der Waals surface area contributed by atoms with Crippen molar-refractivity contribution in [3.05, 3.63) is 57.6 Å². The quantitative estimate of drug-likeness (QED) is 0.491. The van der Waals surface area contributed by atoms with E-state index >= 15 is 0 Å². The molecule has 0 radical (unpaired) electrons. The highest BCUT2D eigenvalue weighted by molar-refractivity contribution is 7.09. The molecule has 0 saturated heterocycles. The van der Waals surface area contributed by atoms with E-state index in [0.29, 0.717) is 17.8 Å². The van der Waals surface area contributed by atoms with Crippen LogP contribution in [0.15, 0.2) is 35.7 Å². The maximum atomic E-state index is 12.6. The van der Waals surface area contributed by atoms with E-state index in [9.17, 15) is 23.1 Å². The second-order valence-corrected chi connectivity index (χ2v) is 7.51. The molecule has 1 aromatic heterocycles. The Labute approximate surface area is 171 Å². The monoisotopic (exact) mass is 428 g/mol. The predicted octanol–water partition coefficient (Wildman–Crippen LogP) is 3.99. The van der Waals surface area contributed by atoms with Crippen molar-refractivity contribution in [2.75, 3.05) is 13.7 Å². The maximum absolute atomic E-state index is 12.6. The molecule has 29 heavy (non-hydrogen) atoms. The van der Waals surface area contributed by atoms with Gasteiger partial charge in [-0.3, -0.25) is 0 Å². The van der Waals surface area contributed by atoms with Gasteiger partial charge in [0.05, 0.1) is 12.8 Å². The van der Waals surface area contributed by atoms with Crippen LogP contribution in [0.4, 0.5) is 13.2 Å². The van der Waals surface area contributed by atoms with E-state index in [4.69, 9.17) is 0 Å². The number of hydrogen-bond acceptors (Lipinski definition) is 6. The van der Waals surface area contributed by atoms with Gasteiger partial charge in [0, 0.05) is 24.0 Å². The first-order valence-corrected chi connectivity index (χ1v) is 9.77. The second kappa shape index (κ2) is 10.00. The van der Waals surface area contributed by atoms with E-state index < -0.39 is 23.3 Å². The predicted molar refractivity (Wildman–Crippen MR) is 105 cm³/mol. The number of nitrogens with zero attached hydrogens (tertiary/aromatic N) is 1. The normalized spacial score (nSPS) is 14.5. The molecule has 2 unspecified atom stereocenters. The zero-order valence-corrected chi connectivity index (χ0v) is 17.1. The molecule has 2 aromatic rings. The van der Waals surface area contributed by atoms with Gasteiger partial charge in [-0.05, 0) is 37.0 Å². The Morgan fingerprint density at radius 2 is 2.00 bits per heavy atom. The zero-order chi connectivity index (χ0) is 21.6. The lowest BCUT2D eigenvalue weighted by Gasteiger charge is -2.16. The van der Waals surface area contributed by atoms with Gasteiger partial charge in [0.2, 0.25) is 0 Å². The average molecular weight is 428 g/mol. The Kier molecular flexibility index (Phi) is 7.95. The summed E-state index contributed by atoms with van der Waals surface area (Å²) in [6, 6.07) is 7.67. The van der Waals surface area contributed by atoms with E-state index in [-0.39, 0.29) is 18.3 Å². The van der Waals surface area contributed by atoms with Crippen LogP contribution in [0.3, 0.4) is 0 Å². The summed E-state index contributed by atoms with van der Waals surface area (Å²) in [5.41, 5.74) is 2.75. The van der Waals surface area contributed by atoms with Crippen LogP contribution in [-0.2, 0) is 22.1 Å². The van der Waals surface area contributed by atoms with E-state index in [0.717, 1.165) is 16.7 Å². The van der Waals surface area contributed by atoms with Crippen LogP contribution in [0.1, 0.15) is 41.8 Å². The van der Waals surface area contributed by atoms with E-state index in [1.165, 1.54) is 18.6 Å². The molecule has 0 aliphatic heterocycles. The van der Waals surface area contributed by atoms with Crippen LogP contribution < -0.4 is 5.32 Å². The van der Waals surface area contributed by atoms with Crippen molar-refractivity contribution in [2.24, 2.45) is 0 Å². The van der Waals surface area contributed by atoms with Crippen LogP contribution in [-0.4, -0.2) is 35.8 Å². The number of carbonyl (C=O) groups excluding carboxylic acids is 1. The number of aromatic nitrogens is 1. The van der Waals surface area contributed by atoms with Crippen molar-refractivity contribution in [1.29, 1.82) is 0 Å². The highest BCUT2D eigenvalue weighted by Gasteiger charge is 2.35. The molecule has 158 valence electrons. The van der Waals surface area contributed by atoms with Gasteiger partial charge in [-0.1, -0.05) is 24.3 Å². The lowest BCUT2D eigenvalue weighted by Crippen LogP contribution is -2.32. The van der Waals surface area contributed by atoms with Gasteiger partial charge in [-0.2, -0.15) is 13.2 Å². The molecule has 0 spiro atoms. The molecule has 2 atom stereocenters. The van der Waals surface area contributed by atoms with Crippen molar-refractivity contribution < 1.29 is 27.8 Å². The van der Waals surface area contributed by atoms with Crippen molar-refractivity contribution in [3.63, 3.8) is 0 Å². The highest BCUT2D eigenvalue weighted by Crippen LogP contribution is 2.32. The van der Waals surface area contributed by atoms with Crippen LogP contribution in [0.5, 0.6) is 0 Å². The average Bonchev–Trinajstić information content (AvgIpc) is 3.17. The van der Waals surface area contributed by atoms with Gasteiger partial charge in [0.1, 0.15) is 6.10 Å².